The summed E-state index contributed by atoms with van der Waals surface area (Å²) >= 11 is 0. The predicted octanol–water partition coefficient (Wildman–Crippen LogP) is 1.55. The van der Waals surface area contributed by atoms with Crippen LogP contribution in [0.4, 0.5) is 5.69 Å². The standard InChI is InChI=1S/C18H20N2O6S/c1-25-18(22)13-26-15-7-5-6-14(12-15)20-17(21)10-11-19-27(23,24)16-8-3-2-4-9-16/h2-9,12,19H,10-11,13H2,1H3,(H,20,21). The van der Waals surface area contributed by atoms with Crippen LogP contribution in [0.25, 0.3) is 0 Å². The zero-order valence-corrected chi connectivity index (χ0v) is 15.5. The molecule has 2 aromatic carbocycles. The summed E-state index contributed by atoms with van der Waals surface area (Å²) in [6.07, 6.45) is -0.0424. The van der Waals surface area contributed by atoms with Crippen LogP contribution in [0.2, 0.25) is 0 Å². The van der Waals surface area contributed by atoms with Gasteiger partial charge in [-0.3, -0.25) is 4.79 Å². The van der Waals surface area contributed by atoms with Crippen molar-refractivity contribution >= 4 is 27.6 Å². The van der Waals surface area contributed by atoms with E-state index < -0.39 is 16.0 Å². The van der Waals surface area contributed by atoms with Crippen LogP contribution in [0, 0.1) is 0 Å². The first-order valence-corrected chi connectivity index (χ1v) is 9.53. The molecule has 1 amide bonds. The van der Waals surface area contributed by atoms with Gasteiger partial charge < -0.3 is 14.8 Å². The van der Waals surface area contributed by atoms with Crippen molar-refractivity contribution in [3.05, 3.63) is 54.6 Å². The van der Waals surface area contributed by atoms with Crippen molar-refractivity contribution in [1.82, 2.24) is 4.72 Å². The number of anilines is 1. The zero-order valence-electron chi connectivity index (χ0n) is 14.7. The van der Waals surface area contributed by atoms with E-state index in [1.54, 1.807) is 42.5 Å². The molecule has 27 heavy (non-hydrogen) atoms. The molecule has 8 nitrogen and oxygen atoms in total. The van der Waals surface area contributed by atoms with Gasteiger partial charge in [-0.05, 0) is 24.3 Å². The molecule has 2 N–H and O–H groups in total. The molecule has 0 aromatic heterocycles. The van der Waals surface area contributed by atoms with E-state index in [2.05, 4.69) is 14.8 Å². The number of sulfonamides is 1. The van der Waals surface area contributed by atoms with Crippen molar-refractivity contribution in [2.45, 2.75) is 11.3 Å². The van der Waals surface area contributed by atoms with Gasteiger partial charge in [0.15, 0.2) is 6.61 Å². The monoisotopic (exact) mass is 392 g/mol. The number of hydrogen-bond acceptors (Lipinski definition) is 6. The van der Waals surface area contributed by atoms with E-state index >= 15 is 0 Å². The highest BCUT2D eigenvalue weighted by Crippen LogP contribution is 2.17. The Morgan fingerprint density at radius 2 is 1.78 bits per heavy atom. The van der Waals surface area contributed by atoms with Crippen LogP contribution >= 0.6 is 0 Å². The molecular weight excluding hydrogens is 372 g/mol. The predicted molar refractivity (Wildman–Crippen MR) is 98.8 cm³/mol. The van der Waals surface area contributed by atoms with Gasteiger partial charge >= 0.3 is 5.97 Å². The highest BCUT2D eigenvalue weighted by Gasteiger charge is 2.13. The molecule has 2 aromatic rings. The van der Waals surface area contributed by atoms with E-state index in [-0.39, 0.29) is 30.4 Å². The zero-order chi connectivity index (χ0) is 19.7. The summed E-state index contributed by atoms with van der Waals surface area (Å²) in [5, 5.41) is 2.64. The second-order valence-corrected chi connectivity index (χ2v) is 7.17. The summed E-state index contributed by atoms with van der Waals surface area (Å²) in [5.74, 6) is -0.492. The molecule has 0 radical (unpaired) electrons. The van der Waals surface area contributed by atoms with Gasteiger partial charge in [0.25, 0.3) is 0 Å². The first kappa shape index (κ1) is 20.4. The van der Waals surface area contributed by atoms with E-state index in [0.29, 0.717) is 11.4 Å². The van der Waals surface area contributed by atoms with Crippen LogP contribution in [-0.4, -0.2) is 40.6 Å². The Morgan fingerprint density at radius 1 is 1.04 bits per heavy atom. The van der Waals surface area contributed by atoms with Gasteiger partial charge in [0.1, 0.15) is 5.75 Å². The van der Waals surface area contributed by atoms with Gasteiger partial charge in [0.2, 0.25) is 15.9 Å². The van der Waals surface area contributed by atoms with Gasteiger partial charge in [0.05, 0.1) is 12.0 Å². The summed E-state index contributed by atoms with van der Waals surface area (Å²) in [6, 6.07) is 14.4. The minimum Gasteiger partial charge on any atom is -0.482 e. The molecule has 0 heterocycles. The summed E-state index contributed by atoms with van der Waals surface area (Å²) in [4.78, 5) is 23.2. The van der Waals surface area contributed by atoms with Crippen LogP contribution in [0.5, 0.6) is 5.75 Å². The smallest absolute Gasteiger partial charge is 0.343 e. The third-order valence-electron chi connectivity index (χ3n) is 3.40. The maximum atomic E-state index is 12.1. The normalized spacial score (nSPS) is 10.9. The van der Waals surface area contributed by atoms with Crippen molar-refractivity contribution in [3.8, 4) is 5.75 Å². The Kier molecular flexibility index (Phi) is 7.33. The molecule has 0 fully saturated rings. The molecule has 0 aliphatic heterocycles. The number of ether oxygens (including phenoxy) is 2. The van der Waals surface area contributed by atoms with Gasteiger partial charge in [-0.25, -0.2) is 17.9 Å². The van der Waals surface area contributed by atoms with Crippen LogP contribution in [-0.2, 0) is 24.3 Å². The minimum atomic E-state index is -3.65. The lowest BCUT2D eigenvalue weighted by molar-refractivity contribution is -0.142. The van der Waals surface area contributed by atoms with E-state index in [9.17, 15) is 18.0 Å². The van der Waals surface area contributed by atoms with Gasteiger partial charge in [0, 0.05) is 24.7 Å². The third-order valence-corrected chi connectivity index (χ3v) is 4.88. The molecule has 0 spiro atoms. The van der Waals surface area contributed by atoms with Gasteiger partial charge in [-0.15, -0.1) is 0 Å². The number of methoxy groups -OCH3 is 1. The van der Waals surface area contributed by atoms with Crippen molar-refractivity contribution in [2.24, 2.45) is 0 Å². The van der Waals surface area contributed by atoms with E-state index in [4.69, 9.17) is 4.74 Å². The van der Waals surface area contributed by atoms with Crippen molar-refractivity contribution in [1.29, 1.82) is 0 Å². The number of esters is 1. The van der Waals surface area contributed by atoms with Crippen LogP contribution < -0.4 is 14.8 Å². The molecule has 0 aliphatic rings. The molecule has 144 valence electrons. The molecule has 0 saturated heterocycles. The summed E-state index contributed by atoms with van der Waals surface area (Å²) < 4.78 is 36.2. The molecule has 2 rings (SSSR count). The fraction of sp³-hybridized carbons (Fsp3) is 0.222. The highest BCUT2D eigenvalue weighted by atomic mass is 32.2. The van der Waals surface area contributed by atoms with Crippen LogP contribution in [0.15, 0.2) is 59.5 Å². The Labute approximate surface area is 157 Å². The number of amides is 1. The molecule has 0 aliphatic carbocycles. The average molecular weight is 392 g/mol. The first-order chi connectivity index (χ1) is 12.9. The number of carbonyl (C=O) groups is 2. The number of carbonyl (C=O) groups excluding carboxylic acids is 2. The summed E-state index contributed by atoms with van der Waals surface area (Å²) in [6.45, 7) is -0.281. The molecule has 9 heteroatoms. The summed E-state index contributed by atoms with van der Waals surface area (Å²) in [7, 11) is -2.39. The Hall–Kier alpha value is -2.91. The maximum absolute atomic E-state index is 12.1. The largest absolute Gasteiger partial charge is 0.482 e. The second-order valence-electron chi connectivity index (χ2n) is 5.40. The lowest BCUT2D eigenvalue weighted by atomic mass is 10.3. The lowest BCUT2D eigenvalue weighted by Crippen LogP contribution is -2.27. The summed E-state index contributed by atoms with van der Waals surface area (Å²) in [5.41, 5.74) is 0.466. The minimum absolute atomic E-state index is 0.0401. The molecule has 0 atom stereocenters. The van der Waals surface area contributed by atoms with Crippen molar-refractivity contribution in [3.63, 3.8) is 0 Å². The fourth-order valence-corrected chi connectivity index (χ4v) is 3.12. The molecule has 0 unspecified atom stereocenters. The van der Waals surface area contributed by atoms with Crippen LogP contribution in [0.1, 0.15) is 6.42 Å². The first-order valence-electron chi connectivity index (χ1n) is 8.05. The second kappa shape index (κ2) is 9.70. The molecule has 0 saturated carbocycles. The fourth-order valence-electron chi connectivity index (χ4n) is 2.07. The SMILES string of the molecule is COC(=O)COc1cccc(NC(=O)CCNS(=O)(=O)c2ccccc2)c1. The average Bonchev–Trinajstić information content (AvgIpc) is 2.67. The van der Waals surface area contributed by atoms with E-state index in [1.807, 2.05) is 0 Å². The number of hydrogen-bond donors (Lipinski definition) is 2. The van der Waals surface area contributed by atoms with E-state index in [1.165, 1.54) is 19.2 Å². The maximum Gasteiger partial charge on any atom is 0.343 e. The topological polar surface area (TPSA) is 111 Å². The Morgan fingerprint density at radius 3 is 2.48 bits per heavy atom. The highest BCUT2D eigenvalue weighted by molar-refractivity contribution is 7.89. The number of nitrogens with one attached hydrogen (secondary N) is 2. The Bertz CT molecular complexity index is 884. The number of rotatable bonds is 9. The molecule has 0 bridgehead atoms. The quantitative estimate of drug-likeness (QED) is 0.627. The van der Waals surface area contributed by atoms with Gasteiger partial charge in [-0.1, -0.05) is 24.3 Å². The van der Waals surface area contributed by atoms with Gasteiger partial charge in [-0.2, -0.15) is 0 Å². The number of benzene rings is 2. The van der Waals surface area contributed by atoms with Crippen molar-refractivity contribution < 1.29 is 27.5 Å². The third kappa shape index (κ3) is 6.72. The van der Waals surface area contributed by atoms with E-state index in [0.717, 1.165) is 0 Å². The van der Waals surface area contributed by atoms with Crippen molar-refractivity contribution in [2.75, 3.05) is 25.6 Å². The Balaban J connectivity index is 1.83. The lowest BCUT2D eigenvalue weighted by Gasteiger charge is -2.09. The van der Waals surface area contributed by atoms with Crippen LogP contribution in [0.3, 0.4) is 0 Å². The molecular formula is C18H20N2O6S.